The van der Waals surface area contributed by atoms with Crippen molar-refractivity contribution in [3.8, 4) is 0 Å². The summed E-state index contributed by atoms with van der Waals surface area (Å²) in [6.07, 6.45) is 5.56. The molecule has 112 valence electrons. The van der Waals surface area contributed by atoms with Crippen molar-refractivity contribution in [1.29, 1.82) is 0 Å². The van der Waals surface area contributed by atoms with Gasteiger partial charge < -0.3 is 5.73 Å². The zero-order valence-corrected chi connectivity index (χ0v) is 11.5. The lowest BCUT2D eigenvalue weighted by Gasteiger charge is -2.27. The van der Waals surface area contributed by atoms with Crippen molar-refractivity contribution < 1.29 is 13.2 Å². The van der Waals surface area contributed by atoms with Crippen LogP contribution in [0.3, 0.4) is 0 Å². The number of hydrogen-bond acceptors (Lipinski definition) is 2. The number of hydrogen-bond donors (Lipinski definition) is 1. The third-order valence-corrected chi connectivity index (χ3v) is 4.17. The van der Waals surface area contributed by atoms with Gasteiger partial charge in [-0.25, -0.2) is 0 Å². The highest BCUT2D eigenvalue weighted by Crippen LogP contribution is 2.38. The van der Waals surface area contributed by atoms with Crippen LogP contribution >= 0.6 is 0 Å². The second kappa shape index (κ2) is 6.57. The van der Waals surface area contributed by atoms with E-state index >= 15 is 0 Å². The van der Waals surface area contributed by atoms with Gasteiger partial charge in [0.2, 0.25) is 0 Å². The molecule has 0 radical (unpaired) electrons. The zero-order valence-electron chi connectivity index (χ0n) is 11.5. The predicted octanol–water partition coefficient (Wildman–Crippen LogP) is 4.46. The molecular formula is C15H21F3N2. The lowest BCUT2D eigenvalue weighted by molar-refractivity contribution is -0.138. The van der Waals surface area contributed by atoms with Crippen molar-refractivity contribution >= 4 is 0 Å². The summed E-state index contributed by atoms with van der Waals surface area (Å²) in [5, 5.41) is 0. The van der Waals surface area contributed by atoms with E-state index in [1.54, 1.807) is 0 Å². The molecule has 20 heavy (non-hydrogen) atoms. The molecule has 2 rings (SSSR count). The molecule has 1 aromatic rings. The molecule has 1 heterocycles. The van der Waals surface area contributed by atoms with Crippen LogP contribution < -0.4 is 5.73 Å². The molecular weight excluding hydrogens is 265 g/mol. The Morgan fingerprint density at radius 2 is 1.70 bits per heavy atom. The first-order chi connectivity index (χ1) is 9.50. The molecule has 1 aliphatic rings. The molecule has 2 N–H and O–H groups in total. The van der Waals surface area contributed by atoms with Crippen LogP contribution in [0.15, 0.2) is 18.5 Å². The van der Waals surface area contributed by atoms with Gasteiger partial charge in [-0.15, -0.1) is 0 Å². The van der Waals surface area contributed by atoms with Crippen molar-refractivity contribution in [3.05, 3.63) is 29.6 Å². The molecule has 1 atom stereocenters. The van der Waals surface area contributed by atoms with Crippen molar-refractivity contribution in [2.75, 3.05) is 0 Å². The van der Waals surface area contributed by atoms with Gasteiger partial charge in [-0.05, 0) is 30.4 Å². The van der Waals surface area contributed by atoms with Gasteiger partial charge in [0, 0.05) is 18.4 Å². The fourth-order valence-corrected chi connectivity index (χ4v) is 3.03. The van der Waals surface area contributed by atoms with E-state index in [9.17, 15) is 13.2 Å². The summed E-state index contributed by atoms with van der Waals surface area (Å²) >= 11 is 0. The van der Waals surface area contributed by atoms with Crippen LogP contribution in [-0.4, -0.2) is 4.98 Å². The Hall–Kier alpha value is -1.10. The van der Waals surface area contributed by atoms with Crippen LogP contribution in [0, 0.1) is 5.92 Å². The molecule has 1 unspecified atom stereocenters. The van der Waals surface area contributed by atoms with E-state index in [2.05, 4.69) is 4.98 Å². The van der Waals surface area contributed by atoms with Gasteiger partial charge in [0.25, 0.3) is 0 Å². The molecule has 0 bridgehead atoms. The van der Waals surface area contributed by atoms with Crippen molar-refractivity contribution in [2.24, 2.45) is 11.7 Å². The summed E-state index contributed by atoms with van der Waals surface area (Å²) in [5.74, 6) is 0.126. The minimum Gasteiger partial charge on any atom is -0.324 e. The van der Waals surface area contributed by atoms with Crippen LogP contribution in [0.2, 0.25) is 0 Å². The highest BCUT2D eigenvalue weighted by molar-refractivity contribution is 5.29. The number of rotatable bonds is 2. The Morgan fingerprint density at radius 1 is 1.10 bits per heavy atom. The lowest BCUT2D eigenvalue weighted by Crippen LogP contribution is -2.25. The summed E-state index contributed by atoms with van der Waals surface area (Å²) in [7, 11) is 0. The molecule has 0 amide bonds. The Labute approximate surface area is 117 Å². The minimum atomic E-state index is -4.36. The molecule has 0 aliphatic heterocycles. The maximum Gasteiger partial charge on any atom is 0.416 e. The van der Waals surface area contributed by atoms with E-state index < -0.39 is 17.8 Å². The standard InChI is InChI=1S/C15H21F3N2/c16-15(17,18)13-8-9-20-10-12(13)14(19)11-6-4-2-1-3-5-7-11/h8-11,14H,1-7,19H2. The smallest absolute Gasteiger partial charge is 0.324 e. The van der Waals surface area contributed by atoms with E-state index in [1.807, 2.05) is 0 Å². The number of nitrogens with two attached hydrogens (primary N) is 1. The van der Waals surface area contributed by atoms with Crippen LogP contribution in [0.5, 0.6) is 0 Å². The number of aromatic nitrogens is 1. The Kier molecular flexibility index (Phi) is 5.02. The first-order valence-corrected chi connectivity index (χ1v) is 7.27. The molecule has 0 aromatic carbocycles. The largest absolute Gasteiger partial charge is 0.416 e. The number of nitrogens with zero attached hydrogens (tertiary/aromatic N) is 1. The van der Waals surface area contributed by atoms with Crippen LogP contribution in [0.4, 0.5) is 13.2 Å². The number of halogens is 3. The predicted molar refractivity (Wildman–Crippen MR) is 72.0 cm³/mol. The van der Waals surface area contributed by atoms with Gasteiger partial charge in [0.1, 0.15) is 0 Å². The summed E-state index contributed by atoms with van der Waals surface area (Å²) in [5.41, 5.74) is 5.65. The van der Waals surface area contributed by atoms with Crippen molar-refractivity contribution in [1.82, 2.24) is 4.98 Å². The third-order valence-electron chi connectivity index (χ3n) is 4.17. The quantitative estimate of drug-likeness (QED) is 0.871. The van der Waals surface area contributed by atoms with Gasteiger partial charge in [-0.3, -0.25) is 4.98 Å². The SMILES string of the molecule is NC(c1cnccc1C(F)(F)F)C1CCCCCCC1. The summed E-state index contributed by atoms with van der Waals surface area (Å²) in [6.45, 7) is 0. The number of alkyl halides is 3. The summed E-state index contributed by atoms with van der Waals surface area (Å²) in [4.78, 5) is 3.84. The molecule has 0 saturated heterocycles. The van der Waals surface area contributed by atoms with Crippen molar-refractivity contribution in [3.63, 3.8) is 0 Å². The van der Waals surface area contributed by atoms with E-state index in [4.69, 9.17) is 5.73 Å². The average molecular weight is 286 g/mol. The van der Waals surface area contributed by atoms with Crippen LogP contribution in [0.1, 0.15) is 62.1 Å². The van der Waals surface area contributed by atoms with Gasteiger partial charge in [0.05, 0.1) is 5.56 Å². The summed E-state index contributed by atoms with van der Waals surface area (Å²) in [6, 6.07) is 0.455. The maximum absolute atomic E-state index is 13.0. The molecule has 1 aliphatic carbocycles. The molecule has 1 fully saturated rings. The Balaban J connectivity index is 2.21. The highest BCUT2D eigenvalue weighted by atomic mass is 19.4. The van der Waals surface area contributed by atoms with Gasteiger partial charge >= 0.3 is 6.18 Å². The van der Waals surface area contributed by atoms with Gasteiger partial charge in [-0.1, -0.05) is 32.1 Å². The topological polar surface area (TPSA) is 38.9 Å². The Bertz CT molecular complexity index is 423. The van der Waals surface area contributed by atoms with E-state index in [0.717, 1.165) is 44.6 Å². The van der Waals surface area contributed by atoms with Gasteiger partial charge in [-0.2, -0.15) is 13.2 Å². The highest BCUT2D eigenvalue weighted by Gasteiger charge is 2.36. The van der Waals surface area contributed by atoms with E-state index in [-0.39, 0.29) is 11.5 Å². The second-order valence-electron chi connectivity index (χ2n) is 5.59. The van der Waals surface area contributed by atoms with E-state index in [0.29, 0.717) is 0 Å². The molecule has 0 spiro atoms. The maximum atomic E-state index is 13.0. The molecule has 1 saturated carbocycles. The monoisotopic (exact) mass is 286 g/mol. The minimum absolute atomic E-state index is 0.126. The Morgan fingerprint density at radius 3 is 2.30 bits per heavy atom. The van der Waals surface area contributed by atoms with Gasteiger partial charge in [0.15, 0.2) is 0 Å². The molecule has 5 heteroatoms. The molecule has 2 nitrogen and oxygen atoms in total. The van der Waals surface area contributed by atoms with Crippen molar-refractivity contribution in [2.45, 2.75) is 57.2 Å². The fraction of sp³-hybridized carbons (Fsp3) is 0.667. The fourth-order valence-electron chi connectivity index (χ4n) is 3.03. The van der Waals surface area contributed by atoms with Crippen LogP contribution in [-0.2, 0) is 6.18 Å². The van der Waals surface area contributed by atoms with E-state index in [1.165, 1.54) is 18.8 Å². The number of pyridine rings is 1. The zero-order chi connectivity index (χ0) is 14.6. The average Bonchev–Trinajstić information content (AvgIpc) is 2.37. The lowest BCUT2D eigenvalue weighted by atomic mass is 9.82. The normalized spacial score (nSPS) is 20.2. The second-order valence-corrected chi connectivity index (χ2v) is 5.59. The van der Waals surface area contributed by atoms with Crippen LogP contribution in [0.25, 0.3) is 0 Å². The summed E-state index contributed by atoms with van der Waals surface area (Å²) < 4.78 is 39.1. The third kappa shape index (κ3) is 3.72. The first kappa shape index (κ1) is 15.3. The first-order valence-electron chi connectivity index (χ1n) is 7.27. The molecule has 1 aromatic heterocycles.